The molecule has 1 N–H and O–H groups in total. The van der Waals surface area contributed by atoms with Crippen molar-refractivity contribution < 1.29 is 17.9 Å². The second kappa shape index (κ2) is 11.1. The highest BCUT2D eigenvalue weighted by molar-refractivity contribution is 9.10. The SMILES string of the molecule is COc1cccc(CCCNC(=O)C2CCN(S(=O)(=O)Cc3ccc(Br)cc3)CC2)c1. The van der Waals surface area contributed by atoms with Crippen LogP contribution in [0.1, 0.15) is 30.4 Å². The molecular formula is C23H29BrN2O4S. The van der Waals surface area contributed by atoms with E-state index in [1.54, 1.807) is 7.11 Å². The van der Waals surface area contributed by atoms with Crippen molar-refractivity contribution in [1.82, 2.24) is 9.62 Å². The number of carbonyl (C=O) groups is 1. The van der Waals surface area contributed by atoms with Crippen molar-refractivity contribution >= 4 is 31.9 Å². The number of carbonyl (C=O) groups excluding carboxylic acids is 1. The van der Waals surface area contributed by atoms with Crippen molar-refractivity contribution in [3.8, 4) is 5.75 Å². The van der Waals surface area contributed by atoms with Gasteiger partial charge in [-0.15, -0.1) is 0 Å². The third-order valence-corrected chi connectivity index (χ3v) is 7.93. The second-order valence-corrected chi connectivity index (χ2v) is 10.7. The molecule has 0 radical (unpaired) electrons. The predicted octanol–water partition coefficient (Wildman–Crippen LogP) is 3.75. The third kappa shape index (κ3) is 7.05. The lowest BCUT2D eigenvalue weighted by molar-refractivity contribution is -0.126. The van der Waals surface area contributed by atoms with Crippen LogP contribution >= 0.6 is 15.9 Å². The number of piperidine rings is 1. The van der Waals surface area contributed by atoms with E-state index in [9.17, 15) is 13.2 Å². The Hall–Kier alpha value is -1.90. The van der Waals surface area contributed by atoms with Crippen molar-refractivity contribution in [2.75, 3.05) is 26.7 Å². The average molecular weight is 509 g/mol. The molecule has 0 bridgehead atoms. The maximum Gasteiger partial charge on any atom is 0.223 e. The number of ether oxygens (including phenoxy) is 1. The minimum absolute atomic E-state index is 0.0125. The molecule has 0 saturated carbocycles. The Labute approximate surface area is 193 Å². The predicted molar refractivity (Wildman–Crippen MR) is 125 cm³/mol. The zero-order valence-electron chi connectivity index (χ0n) is 17.7. The van der Waals surface area contributed by atoms with E-state index in [0.29, 0.717) is 32.5 Å². The number of hydrogen-bond acceptors (Lipinski definition) is 4. The van der Waals surface area contributed by atoms with Crippen molar-refractivity contribution in [2.45, 2.75) is 31.4 Å². The van der Waals surface area contributed by atoms with E-state index in [-0.39, 0.29) is 17.6 Å². The molecule has 1 fully saturated rings. The molecule has 2 aromatic carbocycles. The van der Waals surface area contributed by atoms with Gasteiger partial charge >= 0.3 is 0 Å². The first-order chi connectivity index (χ1) is 14.9. The van der Waals surface area contributed by atoms with Gasteiger partial charge in [0.05, 0.1) is 12.9 Å². The number of benzene rings is 2. The Balaban J connectivity index is 1.40. The summed E-state index contributed by atoms with van der Waals surface area (Å²) in [5.41, 5.74) is 1.94. The first-order valence-electron chi connectivity index (χ1n) is 10.5. The van der Waals surface area contributed by atoms with E-state index >= 15 is 0 Å². The minimum Gasteiger partial charge on any atom is -0.497 e. The van der Waals surface area contributed by atoms with Gasteiger partial charge in [-0.05, 0) is 61.1 Å². The van der Waals surface area contributed by atoms with Crippen molar-refractivity contribution in [3.05, 3.63) is 64.1 Å². The molecule has 3 rings (SSSR count). The van der Waals surface area contributed by atoms with Gasteiger partial charge in [-0.2, -0.15) is 0 Å². The van der Waals surface area contributed by atoms with Gasteiger partial charge in [0.2, 0.25) is 15.9 Å². The quantitative estimate of drug-likeness (QED) is 0.523. The van der Waals surface area contributed by atoms with E-state index < -0.39 is 10.0 Å². The van der Waals surface area contributed by atoms with Crippen LogP contribution in [0.3, 0.4) is 0 Å². The van der Waals surface area contributed by atoms with Crippen LogP contribution in [-0.4, -0.2) is 45.4 Å². The van der Waals surface area contributed by atoms with Crippen LogP contribution in [0, 0.1) is 5.92 Å². The van der Waals surface area contributed by atoms with Crippen LogP contribution in [-0.2, 0) is 27.0 Å². The van der Waals surface area contributed by atoms with Crippen molar-refractivity contribution in [1.29, 1.82) is 0 Å². The van der Waals surface area contributed by atoms with Gasteiger partial charge in [-0.25, -0.2) is 12.7 Å². The summed E-state index contributed by atoms with van der Waals surface area (Å²) < 4.78 is 33.1. The average Bonchev–Trinajstić information content (AvgIpc) is 2.78. The minimum atomic E-state index is -3.38. The molecular weight excluding hydrogens is 480 g/mol. The molecule has 1 saturated heterocycles. The van der Waals surface area contributed by atoms with Gasteiger partial charge in [0.1, 0.15) is 5.75 Å². The summed E-state index contributed by atoms with van der Waals surface area (Å²) in [6, 6.07) is 15.2. The van der Waals surface area contributed by atoms with E-state index in [2.05, 4.69) is 27.3 Å². The Morgan fingerprint density at radius 1 is 1.13 bits per heavy atom. The largest absolute Gasteiger partial charge is 0.497 e. The van der Waals surface area contributed by atoms with E-state index in [0.717, 1.165) is 28.6 Å². The summed E-state index contributed by atoms with van der Waals surface area (Å²) in [7, 11) is -1.73. The highest BCUT2D eigenvalue weighted by atomic mass is 79.9. The summed E-state index contributed by atoms with van der Waals surface area (Å²) in [5, 5.41) is 3.01. The number of nitrogens with zero attached hydrogens (tertiary/aromatic N) is 1. The third-order valence-electron chi connectivity index (χ3n) is 5.56. The maximum absolute atomic E-state index is 12.7. The van der Waals surface area contributed by atoms with E-state index in [4.69, 9.17) is 4.74 Å². The second-order valence-electron chi connectivity index (χ2n) is 7.80. The van der Waals surface area contributed by atoms with Crippen LogP contribution in [0.25, 0.3) is 0 Å². The normalized spacial score (nSPS) is 15.5. The number of hydrogen-bond donors (Lipinski definition) is 1. The Morgan fingerprint density at radius 2 is 1.84 bits per heavy atom. The first-order valence-corrected chi connectivity index (χ1v) is 12.9. The summed E-state index contributed by atoms with van der Waals surface area (Å²) in [5.74, 6) is 0.719. The van der Waals surface area contributed by atoms with Crippen molar-refractivity contribution in [2.24, 2.45) is 5.92 Å². The fourth-order valence-corrected chi connectivity index (χ4v) is 5.58. The Morgan fingerprint density at radius 3 is 2.52 bits per heavy atom. The van der Waals surface area contributed by atoms with Crippen LogP contribution < -0.4 is 10.1 Å². The van der Waals surface area contributed by atoms with Crippen LogP contribution in [0.15, 0.2) is 53.0 Å². The van der Waals surface area contributed by atoms with Gasteiger partial charge in [0, 0.05) is 30.0 Å². The number of rotatable bonds is 9. The zero-order valence-corrected chi connectivity index (χ0v) is 20.1. The molecule has 0 unspecified atom stereocenters. The fourth-order valence-electron chi connectivity index (χ4n) is 3.76. The molecule has 6 nitrogen and oxygen atoms in total. The summed E-state index contributed by atoms with van der Waals surface area (Å²) >= 11 is 3.36. The highest BCUT2D eigenvalue weighted by Crippen LogP contribution is 2.22. The molecule has 0 spiro atoms. The lowest BCUT2D eigenvalue weighted by Crippen LogP contribution is -2.43. The van der Waals surface area contributed by atoms with Gasteiger partial charge in [-0.1, -0.05) is 40.2 Å². The summed E-state index contributed by atoms with van der Waals surface area (Å²) in [4.78, 5) is 12.5. The van der Waals surface area contributed by atoms with Gasteiger partial charge in [0.15, 0.2) is 0 Å². The molecule has 0 aromatic heterocycles. The summed E-state index contributed by atoms with van der Waals surface area (Å²) in [6.07, 6.45) is 2.83. The first kappa shape index (κ1) is 23.8. The molecule has 1 heterocycles. The van der Waals surface area contributed by atoms with Gasteiger partial charge in [-0.3, -0.25) is 4.79 Å². The van der Waals surface area contributed by atoms with Gasteiger partial charge < -0.3 is 10.1 Å². The molecule has 168 valence electrons. The van der Waals surface area contributed by atoms with E-state index in [1.165, 1.54) is 9.87 Å². The van der Waals surface area contributed by atoms with Crippen LogP contribution in [0.4, 0.5) is 0 Å². The number of aryl methyl sites for hydroxylation is 1. The lowest BCUT2D eigenvalue weighted by atomic mass is 9.97. The molecule has 1 amide bonds. The number of amides is 1. The molecule has 31 heavy (non-hydrogen) atoms. The monoisotopic (exact) mass is 508 g/mol. The maximum atomic E-state index is 12.7. The molecule has 2 aromatic rings. The molecule has 1 aliphatic rings. The molecule has 1 aliphatic heterocycles. The van der Waals surface area contributed by atoms with Crippen molar-refractivity contribution in [3.63, 3.8) is 0 Å². The van der Waals surface area contributed by atoms with Crippen LogP contribution in [0.2, 0.25) is 0 Å². The number of sulfonamides is 1. The fraction of sp³-hybridized carbons (Fsp3) is 0.435. The van der Waals surface area contributed by atoms with Gasteiger partial charge in [0.25, 0.3) is 0 Å². The van der Waals surface area contributed by atoms with E-state index in [1.807, 2.05) is 42.5 Å². The molecule has 0 aliphatic carbocycles. The number of nitrogens with one attached hydrogen (secondary N) is 1. The standard InChI is InChI=1S/C23H29BrN2O4S/c1-30-22-6-2-4-18(16-22)5-3-13-25-23(27)20-11-14-26(15-12-20)31(28,29)17-19-7-9-21(24)10-8-19/h2,4,6-10,16,20H,3,5,11-15,17H2,1H3,(H,25,27). The highest BCUT2D eigenvalue weighted by Gasteiger charge is 2.31. The molecule has 8 heteroatoms. The Bertz CT molecular complexity index is 971. The topological polar surface area (TPSA) is 75.7 Å². The molecule has 0 atom stereocenters. The Kier molecular flexibility index (Phi) is 8.51. The zero-order chi connectivity index (χ0) is 22.3. The smallest absolute Gasteiger partial charge is 0.223 e. The number of halogens is 1. The summed E-state index contributed by atoms with van der Waals surface area (Å²) in [6.45, 7) is 1.39. The lowest BCUT2D eigenvalue weighted by Gasteiger charge is -2.30. The number of methoxy groups -OCH3 is 1. The van der Waals surface area contributed by atoms with Crippen LogP contribution in [0.5, 0.6) is 5.75 Å².